The van der Waals surface area contributed by atoms with Crippen LogP contribution in [0.1, 0.15) is 21.6 Å². The zero-order valence-electron chi connectivity index (χ0n) is 16.7. The molecule has 4 aromatic rings. The summed E-state index contributed by atoms with van der Waals surface area (Å²) in [5.74, 6) is -2.98. The lowest BCUT2D eigenvalue weighted by molar-refractivity contribution is -0.143. The Morgan fingerprint density at radius 2 is 1.70 bits per heavy atom. The Morgan fingerprint density at radius 1 is 1.03 bits per heavy atom. The maximum absolute atomic E-state index is 14.3. The molecule has 0 unspecified atom stereocenters. The van der Waals surface area contributed by atoms with E-state index < -0.39 is 29.1 Å². The molecule has 0 fully saturated rings. The number of hydrogen-bond donors (Lipinski definition) is 2. The third-order valence-corrected chi connectivity index (χ3v) is 5.19. The molecule has 2 heterocycles. The number of Topliss-reactive ketones (excluding diaryl/α,β-unsaturated/α-hetero) is 1. The van der Waals surface area contributed by atoms with Gasteiger partial charge in [0.05, 0.1) is 5.56 Å². The molecule has 0 atom stereocenters. The Bertz CT molecular complexity index is 1350. The second kappa shape index (κ2) is 8.59. The number of nitrogens with one attached hydrogen (secondary N) is 1. The third-order valence-electron chi connectivity index (χ3n) is 4.94. The Kier molecular flexibility index (Phi) is 5.82. The molecule has 2 aromatic carbocycles. The van der Waals surface area contributed by atoms with Gasteiger partial charge in [0.1, 0.15) is 11.4 Å². The summed E-state index contributed by atoms with van der Waals surface area (Å²) < 4.78 is 43.7. The van der Waals surface area contributed by atoms with Gasteiger partial charge in [-0.3, -0.25) is 14.6 Å². The van der Waals surface area contributed by atoms with Gasteiger partial charge >= 0.3 is 6.18 Å². The number of rotatable bonds is 5. The van der Waals surface area contributed by atoms with Crippen molar-refractivity contribution in [3.8, 4) is 5.75 Å². The average Bonchev–Trinajstić information content (AvgIpc) is 3.09. The first-order chi connectivity index (χ1) is 15.6. The number of anilines is 1. The van der Waals surface area contributed by atoms with Gasteiger partial charge in [0.25, 0.3) is 11.7 Å². The number of halogens is 4. The lowest BCUT2D eigenvalue weighted by Crippen LogP contribution is -2.26. The van der Waals surface area contributed by atoms with Crippen LogP contribution in [-0.2, 0) is 17.5 Å². The van der Waals surface area contributed by atoms with Gasteiger partial charge in [-0.15, -0.1) is 0 Å². The van der Waals surface area contributed by atoms with Gasteiger partial charge in [-0.1, -0.05) is 23.7 Å². The fourth-order valence-corrected chi connectivity index (χ4v) is 3.67. The number of benzene rings is 2. The summed E-state index contributed by atoms with van der Waals surface area (Å²) in [4.78, 5) is 29.4. The fourth-order valence-electron chi connectivity index (χ4n) is 3.54. The number of phenolic OH excluding ortho intramolecular Hbond substituents is 1. The predicted molar refractivity (Wildman–Crippen MR) is 116 cm³/mol. The number of aromatic nitrogens is 2. The van der Waals surface area contributed by atoms with Gasteiger partial charge in [-0.25, -0.2) is 0 Å². The minimum Gasteiger partial charge on any atom is -0.508 e. The lowest BCUT2D eigenvalue weighted by atomic mass is 10.0. The molecule has 0 aliphatic carbocycles. The highest BCUT2D eigenvalue weighted by atomic mass is 35.5. The van der Waals surface area contributed by atoms with Crippen LogP contribution in [0.5, 0.6) is 5.75 Å². The van der Waals surface area contributed by atoms with Crippen molar-refractivity contribution in [2.24, 2.45) is 0 Å². The first kappa shape index (κ1) is 22.3. The maximum atomic E-state index is 14.3. The Hall–Kier alpha value is -3.85. The van der Waals surface area contributed by atoms with Crippen LogP contribution in [0, 0.1) is 0 Å². The zero-order chi connectivity index (χ0) is 23.8. The van der Waals surface area contributed by atoms with Crippen LogP contribution in [0.2, 0.25) is 5.02 Å². The number of fused-ring (bicyclic) bond motifs is 1. The summed E-state index contributed by atoms with van der Waals surface area (Å²) in [5, 5.41) is 12.4. The lowest BCUT2D eigenvalue weighted by Gasteiger charge is -2.15. The van der Waals surface area contributed by atoms with Gasteiger partial charge in [-0.2, -0.15) is 13.2 Å². The minimum atomic E-state index is -4.97. The van der Waals surface area contributed by atoms with Crippen molar-refractivity contribution in [2.75, 3.05) is 5.32 Å². The molecular formula is C23H15ClF3N3O3. The molecule has 10 heteroatoms. The monoisotopic (exact) mass is 473 g/mol. The Labute approximate surface area is 190 Å². The highest BCUT2D eigenvalue weighted by molar-refractivity contribution is 6.48. The van der Waals surface area contributed by atoms with Crippen LogP contribution in [0.3, 0.4) is 0 Å². The molecule has 4 rings (SSSR count). The largest absolute Gasteiger partial charge is 0.508 e. The normalized spacial score (nSPS) is 11.5. The van der Waals surface area contributed by atoms with E-state index in [2.05, 4.69) is 10.3 Å². The van der Waals surface area contributed by atoms with Crippen LogP contribution in [0.25, 0.3) is 10.9 Å². The van der Waals surface area contributed by atoms with Gasteiger partial charge in [0.2, 0.25) is 0 Å². The van der Waals surface area contributed by atoms with Crippen LogP contribution >= 0.6 is 11.6 Å². The summed E-state index contributed by atoms with van der Waals surface area (Å²) >= 11 is 5.87. The number of aromatic hydroxyl groups is 1. The van der Waals surface area contributed by atoms with Gasteiger partial charge < -0.3 is 15.0 Å². The molecule has 0 radical (unpaired) electrons. The third kappa shape index (κ3) is 4.54. The van der Waals surface area contributed by atoms with Crippen LogP contribution in [-0.4, -0.2) is 26.3 Å². The average molecular weight is 474 g/mol. The van der Waals surface area contributed by atoms with E-state index in [9.17, 15) is 27.9 Å². The molecule has 0 bridgehead atoms. The second-order valence-corrected chi connectivity index (χ2v) is 7.59. The predicted octanol–water partition coefficient (Wildman–Crippen LogP) is 5.28. The number of hydrogen-bond acceptors (Lipinski definition) is 4. The fraction of sp³-hybridized carbons (Fsp3) is 0.0870. The minimum absolute atomic E-state index is 0.0372. The van der Waals surface area contributed by atoms with E-state index in [1.807, 2.05) is 0 Å². The van der Waals surface area contributed by atoms with Crippen LogP contribution in [0.15, 0.2) is 67.0 Å². The molecule has 0 aliphatic rings. The number of alkyl halides is 3. The molecule has 33 heavy (non-hydrogen) atoms. The van der Waals surface area contributed by atoms with Gasteiger partial charge in [-0.05, 0) is 48.0 Å². The summed E-state index contributed by atoms with van der Waals surface area (Å²) in [7, 11) is 0. The van der Waals surface area contributed by atoms with E-state index in [4.69, 9.17) is 11.6 Å². The van der Waals surface area contributed by atoms with E-state index >= 15 is 0 Å². The number of amides is 1. The summed E-state index contributed by atoms with van der Waals surface area (Å²) in [5.41, 5.74) is -1.39. The van der Waals surface area contributed by atoms with E-state index in [0.717, 1.165) is 10.6 Å². The maximum Gasteiger partial charge on any atom is 0.432 e. The molecule has 1 amide bonds. The van der Waals surface area contributed by atoms with Crippen molar-refractivity contribution < 1.29 is 27.9 Å². The number of carbonyl (C=O) groups excluding carboxylic acids is 2. The number of phenols is 1. The molecule has 2 aromatic heterocycles. The highest BCUT2D eigenvalue weighted by Crippen LogP contribution is 2.40. The second-order valence-electron chi connectivity index (χ2n) is 7.15. The molecule has 0 aliphatic heterocycles. The smallest absolute Gasteiger partial charge is 0.432 e. The standard InChI is InChI=1S/C23H15ClF3N3O3/c24-14-3-1-13(2-4-14)12-30-18-6-5-16(31)11-17(18)19(21(30)23(25,26)27)20(32)22(33)29-15-7-9-28-10-8-15/h1-11,31H,12H2,(H,28,29,33). The van der Waals surface area contributed by atoms with Crippen molar-refractivity contribution in [3.63, 3.8) is 0 Å². The van der Waals surface area contributed by atoms with Gasteiger partial charge in [0.15, 0.2) is 0 Å². The molecular weight excluding hydrogens is 459 g/mol. The van der Waals surface area contributed by atoms with Crippen molar-refractivity contribution in [3.05, 3.63) is 88.8 Å². The van der Waals surface area contributed by atoms with E-state index in [1.54, 1.807) is 12.1 Å². The first-order valence-electron chi connectivity index (χ1n) is 9.57. The number of pyridine rings is 1. The van der Waals surface area contributed by atoms with E-state index in [0.29, 0.717) is 10.6 Å². The first-order valence-corrected chi connectivity index (χ1v) is 9.95. The number of nitrogens with zero attached hydrogens (tertiary/aromatic N) is 2. The summed E-state index contributed by atoms with van der Waals surface area (Å²) in [6.07, 6.45) is -2.25. The van der Waals surface area contributed by atoms with Crippen molar-refractivity contribution in [1.29, 1.82) is 0 Å². The molecule has 0 saturated carbocycles. The van der Waals surface area contributed by atoms with Crippen LogP contribution in [0.4, 0.5) is 18.9 Å². The van der Waals surface area contributed by atoms with Crippen molar-refractivity contribution in [2.45, 2.75) is 12.7 Å². The molecule has 168 valence electrons. The molecule has 0 spiro atoms. The molecule has 0 saturated heterocycles. The van der Waals surface area contributed by atoms with Crippen molar-refractivity contribution >= 4 is 39.9 Å². The van der Waals surface area contributed by atoms with E-state index in [-0.39, 0.29) is 28.9 Å². The number of carbonyl (C=O) groups is 2. The van der Waals surface area contributed by atoms with E-state index in [1.165, 1.54) is 48.8 Å². The molecule has 2 N–H and O–H groups in total. The zero-order valence-corrected chi connectivity index (χ0v) is 17.5. The SMILES string of the molecule is O=C(Nc1ccncc1)C(=O)c1c(C(F)(F)F)n(Cc2ccc(Cl)cc2)c2ccc(O)cc12. The Morgan fingerprint density at radius 3 is 2.33 bits per heavy atom. The summed E-state index contributed by atoms with van der Waals surface area (Å²) in [6, 6.07) is 12.5. The Balaban J connectivity index is 1.89. The summed E-state index contributed by atoms with van der Waals surface area (Å²) in [6.45, 7) is -0.244. The molecule has 6 nitrogen and oxygen atoms in total. The number of ketones is 1. The van der Waals surface area contributed by atoms with Crippen molar-refractivity contribution in [1.82, 2.24) is 9.55 Å². The topological polar surface area (TPSA) is 84.2 Å². The highest BCUT2D eigenvalue weighted by Gasteiger charge is 2.42. The quantitative estimate of drug-likeness (QED) is 0.305. The van der Waals surface area contributed by atoms with Gasteiger partial charge in [0, 0.05) is 40.6 Å². The van der Waals surface area contributed by atoms with Crippen LogP contribution < -0.4 is 5.32 Å².